The largest absolute Gasteiger partial charge is 0.433 e. The van der Waals surface area contributed by atoms with E-state index in [4.69, 9.17) is 4.42 Å². The van der Waals surface area contributed by atoms with E-state index >= 15 is 0 Å². The van der Waals surface area contributed by atoms with Gasteiger partial charge in [-0.15, -0.1) is 0 Å². The van der Waals surface area contributed by atoms with Crippen molar-refractivity contribution >= 4 is 33.1 Å². The molecular weight excluding hydrogens is 358 g/mol. The van der Waals surface area contributed by atoms with E-state index in [1.165, 1.54) is 22.4 Å². The zero-order chi connectivity index (χ0) is 20.3. The molecule has 0 spiro atoms. The summed E-state index contributed by atoms with van der Waals surface area (Å²) in [5.41, 5.74) is 7.31. The maximum absolute atomic E-state index is 6.39. The van der Waals surface area contributed by atoms with Gasteiger partial charge in [-0.05, 0) is 50.6 Å². The molecule has 4 nitrogen and oxygen atoms in total. The van der Waals surface area contributed by atoms with Crippen LogP contribution in [0.15, 0.2) is 52.9 Å². The number of pyridine rings is 1. The van der Waals surface area contributed by atoms with Crippen LogP contribution in [0.2, 0.25) is 0 Å². The second kappa shape index (κ2) is 6.45. The van der Waals surface area contributed by atoms with E-state index in [0.29, 0.717) is 11.6 Å². The molecule has 29 heavy (non-hydrogen) atoms. The summed E-state index contributed by atoms with van der Waals surface area (Å²) in [5.74, 6) is 1.70. The van der Waals surface area contributed by atoms with Gasteiger partial charge >= 0.3 is 0 Å². The van der Waals surface area contributed by atoms with Crippen LogP contribution in [0.4, 0.5) is 0 Å². The summed E-state index contributed by atoms with van der Waals surface area (Å²) < 4.78 is 11.1. The first-order valence-electron chi connectivity index (χ1n) is 10.3. The maximum Gasteiger partial charge on any atom is 0.265 e. The maximum atomic E-state index is 6.39. The van der Waals surface area contributed by atoms with Crippen LogP contribution in [0.3, 0.4) is 0 Å². The molecule has 0 aliphatic rings. The number of hydrogen-bond acceptors (Lipinski definition) is 2. The van der Waals surface area contributed by atoms with E-state index in [9.17, 15) is 0 Å². The number of rotatable bonds is 3. The van der Waals surface area contributed by atoms with E-state index in [-0.39, 0.29) is 0 Å². The van der Waals surface area contributed by atoms with Crippen molar-refractivity contribution in [2.75, 3.05) is 0 Å². The lowest BCUT2D eigenvalue weighted by Gasteiger charge is -2.10. The van der Waals surface area contributed by atoms with Gasteiger partial charge in [0.05, 0.1) is 13.0 Å². The van der Waals surface area contributed by atoms with Crippen LogP contribution >= 0.6 is 0 Å². The zero-order valence-electron chi connectivity index (χ0n) is 17.7. The summed E-state index contributed by atoms with van der Waals surface area (Å²) in [6.45, 7) is 8.70. The van der Waals surface area contributed by atoms with Crippen LogP contribution in [0.1, 0.15) is 43.3 Å². The van der Waals surface area contributed by atoms with Crippen LogP contribution in [0.5, 0.6) is 0 Å². The average Bonchev–Trinajstić information content (AvgIpc) is 3.22. The molecule has 0 aliphatic carbocycles. The highest BCUT2D eigenvalue weighted by molar-refractivity contribution is 6.07. The number of furan rings is 1. The Balaban J connectivity index is 1.97. The Hall–Kier alpha value is -3.14. The van der Waals surface area contributed by atoms with Crippen LogP contribution in [-0.2, 0) is 7.05 Å². The van der Waals surface area contributed by atoms with E-state index in [1.807, 2.05) is 13.0 Å². The van der Waals surface area contributed by atoms with E-state index < -0.39 is 0 Å². The number of para-hydroxylation sites is 2. The molecule has 0 aliphatic heterocycles. The predicted octanol–water partition coefficient (Wildman–Crippen LogP) is 5.88. The highest BCUT2D eigenvalue weighted by Crippen LogP contribution is 2.37. The number of aryl methyl sites for hydroxylation is 3. The van der Waals surface area contributed by atoms with Crippen molar-refractivity contribution in [3.63, 3.8) is 0 Å². The molecule has 146 valence electrons. The van der Waals surface area contributed by atoms with Gasteiger partial charge in [0.25, 0.3) is 5.82 Å². The predicted molar refractivity (Wildman–Crippen MR) is 118 cm³/mol. The van der Waals surface area contributed by atoms with Gasteiger partial charge in [0.2, 0.25) is 5.71 Å². The number of hydrogen-bond donors (Lipinski definition) is 0. The van der Waals surface area contributed by atoms with Gasteiger partial charge in [-0.3, -0.25) is 0 Å². The van der Waals surface area contributed by atoms with Gasteiger partial charge in [-0.2, -0.15) is 4.57 Å². The van der Waals surface area contributed by atoms with E-state index in [1.54, 1.807) is 0 Å². The Labute approximate surface area is 170 Å². The van der Waals surface area contributed by atoms with Crippen molar-refractivity contribution in [1.82, 2.24) is 9.55 Å². The highest BCUT2D eigenvalue weighted by atomic mass is 16.3. The number of imidazole rings is 1. The third-order valence-electron chi connectivity index (χ3n) is 6.16. The minimum atomic E-state index is 0.409. The van der Waals surface area contributed by atoms with Crippen molar-refractivity contribution in [1.29, 1.82) is 0 Å². The molecule has 0 N–H and O–H groups in total. The number of benzene rings is 2. The molecule has 0 radical (unpaired) electrons. The van der Waals surface area contributed by atoms with Crippen molar-refractivity contribution in [2.45, 2.75) is 40.0 Å². The quantitative estimate of drug-likeness (QED) is 0.364. The fourth-order valence-electron chi connectivity index (χ4n) is 4.48. The van der Waals surface area contributed by atoms with Gasteiger partial charge < -0.3 is 4.42 Å². The minimum absolute atomic E-state index is 0.409. The fourth-order valence-corrected chi connectivity index (χ4v) is 4.48. The van der Waals surface area contributed by atoms with Crippen LogP contribution in [0.25, 0.3) is 38.8 Å². The first kappa shape index (κ1) is 17.9. The van der Waals surface area contributed by atoms with Gasteiger partial charge in [0.1, 0.15) is 0 Å². The Kier molecular flexibility index (Phi) is 3.98. The molecule has 0 bridgehead atoms. The Morgan fingerprint density at radius 3 is 2.59 bits per heavy atom. The fraction of sp³-hybridized carbons (Fsp3) is 0.280. The molecule has 5 aromatic rings. The number of aromatic nitrogens is 3. The number of nitrogens with zero attached hydrogens (tertiary/aromatic N) is 3. The second-order valence-electron chi connectivity index (χ2n) is 8.07. The van der Waals surface area contributed by atoms with Crippen LogP contribution in [-0.4, -0.2) is 9.55 Å². The third kappa shape index (κ3) is 2.52. The smallest absolute Gasteiger partial charge is 0.265 e. The number of fused-ring (bicyclic) bond motifs is 4. The Morgan fingerprint density at radius 1 is 1.03 bits per heavy atom. The lowest BCUT2D eigenvalue weighted by molar-refractivity contribution is -0.655. The molecule has 1 atom stereocenters. The molecule has 0 amide bonds. The minimum Gasteiger partial charge on any atom is -0.433 e. The van der Waals surface area contributed by atoms with Gasteiger partial charge in [-0.1, -0.05) is 32.0 Å². The average molecular weight is 385 g/mol. The van der Waals surface area contributed by atoms with Crippen molar-refractivity contribution in [2.24, 2.45) is 7.05 Å². The van der Waals surface area contributed by atoms with E-state index in [2.05, 4.69) is 84.4 Å². The Bertz CT molecular complexity index is 1390. The molecule has 0 saturated heterocycles. The summed E-state index contributed by atoms with van der Waals surface area (Å²) in [6.07, 6.45) is 1.07. The first-order valence-corrected chi connectivity index (χ1v) is 10.3. The summed E-state index contributed by atoms with van der Waals surface area (Å²) in [6, 6.07) is 17.1. The molecule has 3 heterocycles. The molecule has 0 saturated carbocycles. The first-order chi connectivity index (χ1) is 14.0. The van der Waals surface area contributed by atoms with Gasteiger partial charge in [0.15, 0.2) is 22.3 Å². The van der Waals surface area contributed by atoms with Crippen molar-refractivity contribution in [3.8, 4) is 5.69 Å². The summed E-state index contributed by atoms with van der Waals surface area (Å²) >= 11 is 0. The van der Waals surface area contributed by atoms with Crippen LogP contribution in [0, 0.1) is 13.8 Å². The molecular formula is C25H26N3O+. The molecule has 0 fully saturated rings. The zero-order valence-corrected chi connectivity index (χ0v) is 17.7. The molecule has 2 aromatic carbocycles. The second-order valence-corrected chi connectivity index (χ2v) is 8.07. The van der Waals surface area contributed by atoms with Gasteiger partial charge in [-0.25, -0.2) is 9.55 Å². The highest BCUT2D eigenvalue weighted by Gasteiger charge is 2.31. The third-order valence-corrected chi connectivity index (χ3v) is 6.16. The summed E-state index contributed by atoms with van der Waals surface area (Å²) in [7, 11) is 2.17. The normalized spacial score (nSPS) is 13.0. The summed E-state index contributed by atoms with van der Waals surface area (Å²) in [4.78, 5) is 4.64. The molecule has 4 heteroatoms. The monoisotopic (exact) mass is 384 g/mol. The summed E-state index contributed by atoms with van der Waals surface area (Å²) in [5, 5.41) is 2.18. The molecule has 1 unspecified atom stereocenters. The lowest BCUT2D eigenvalue weighted by atomic mass is 10.1. The van der Waals surface area contributed by atoms with Crippen LogP contribution < -0.4 is 4.57 Å². The molecule has 5 rings (SSSR count). The Morgan fingerprint density at radius 2 is 1.79 bits per heavy atom. The van der Waals surface area contributed by atoms with Gasteiger partial charge in [0, 0.05) is 22.0 Å². The van der Waals surface area contributed by atoms with Crippen molar-refractivity contribution < 1.29 is 8.98 Å². The van der Waals surface area contributed by atoms with E-state index in [0.717, 1.165) is 34.2 Å². The molecule has 3 aromatic heterocycles. The standard InChI is InChI=1S/C25H26N3O/c1-6-15(2)25-27(5)20-9-7-8-10-21(20)28(25)22-16(3)11-13-18-19-14-12-17(4)26-24(19)29-23(18)22/h7-15H,6H2,1-5H3/q+1. The lowest BCUT2D eigenvalue weighted by Crippen LogP contribution is -2.34. The SMILES string of the molecule is CCC(C)c1n(-c2c(C)ccc3c2oc2nc(C)ccc23)c2ccccc2[n+]1C. The topological polar surface area (TPSA) is 34.8 Å². The van der Waals surface area contributed by atoms with Crippen molar-refractivity contribution in [3.05, 3.63) is 65.6 Å².